The third kappa shape index (κ3) is 2.97. The number of hydrogen-bond donors (Lipinski definition) is 2. The summed E-state index contributed by atoms with van der Waals surface area (Å²) in [4.78, 5) is 14.6. The van der Waals surface area contributed by atoms with Crippen LogP contribution in [0.2, 0.25) is 0 Å². The Labute approximate surface area is 130 Å². The Hall–Kier alpha value is -1.11. The second kappa shape index (κ2) is 6.11. The monoisotopic (exact) mass is 356 g/mol. The van der Waals surface area contributed by atoms with Gasteiger partial charge in [0.15, 0.2) is 0 Å². The molecule has 0 radical (unpaired) electrons. The summed E-state index contributed by atoms with van der Waals surface area (Å²) in [5.74, 6) is -0.101. The molecular formula is C14H17BrN2O2S. The van der Waals surface area contributed by atoms with Crippen LogP contribution in [0, 0.1) is 0 Å². The van der Waals surface area contributed by atoms with Crippen LogP contribution in [0.3, 0.4) is 0 Å². The molecule has 1 atom stereocenters. The Morgan fingerprint density at radius 2 is 2.25 bits per heavy atom. The Balaban J connectivity index is 2.31. The molecule has 3 N–H and O–H groups in total. The van der Waals surface area contributed by atoms with Gasteiger partial charge >= 0.3 is 0 Å². The van der Waals surface area contributed by atoms with E-state index in [-0.39, 0.29) is 5.91 Å². The highest BCUT2D eigenvalue weighted by atomic mass is 79.9. The second-order valence-electron chi connectivity index (χ2n) is 4.82. The minimum absolute atomic E-state index is 0.101. The van der Waals surface area contributed by atoms with Crippen LogP contribution in [-0.4, -0.2) is 35.6 Å². The summed E-state index contributed by atoms with van der Waals surface area (Å²) in [6, 6.07) is 5.79. The van der Waals surface area contributed by atoms with Gasteiger partial charge in [-0.15, -0.1) is 11.3 Å². The number of amides is 1. The maximum Gasteiger partial charge on any atom is 0.265 e. The van der Waals surface area contributed by atoms with Gasteiger partial charge in [-0.2, -0.15) is 0 Å². The van der Waals surface area contributed by atoms with E-state index in [9.17, 15) is 9.90 Å². The zero-order chi connectivity index (χ0) is 14.9. The van der Waals surface area contributed by atoms with Gasteiger partial charge in [0.25, 0.3) is 5.91 Å². The predicted octanol–water partition coefficient (Wildman–Crippen LogP) is 3.09. The minimum atomic E-state index is -0.417. The third-order valence-electron chi connectivity index (χ3n) is 3.12. The van der Waals surface area contributed by atoms with E-state index >= 15 is 0 Å². The predicted molar refractivity (Wildman–Crippen MR) is 87.2 cm³/mol. The molecule has 0 saturated heterocycles. The molecule has 20 heavy (non-hydrogen) atoms. The van der Waals surface area contributed by atoms with E-state index in [4.69, 9.17) is 5.73 Å². The molecule has 2 rings (SSSR count). The van der Waals surface area contributed by atoms with Crippen molar-refractivity contribution in [2.45, 2.75) is 19.4 Å². The van der Waals surface area contributed by atoms with Crippen molar-refractivity contribution in [1.29, 1.82) is 0 Å². The molecule has 0 spiro atoms. The van der Waals surface area contributed by atoms with Gasteiger partial charge < -0.3 is 15.7 Å². The van der Waals surface area contributed by atoms with Crippen molar-refractivity contribution in [3.8, 4) is 0 Å². The molecule has 0 saturated carbocycles. The van der Waals surface area contributed by atoms with E-state index in [1.54, 1.807) is 18.9 Å². The van der Waals surface area contributed by atoms with Crippen molar-refractivity contribution in [2.75, 3.05) is 19.3 Å². The summed E-state index contributed by atoms with van der Waals surface area (Å²) >= 11 is 4.87. The Kier molecular flexibility index (Phi) is 4.67. The van der Waals surface area contributed by atoms with E-state index < -0.39 is 6.10 Å². The van der Waals surface area contributed by atoms with E-state index in [0.717, 1.165) is 14.6 Å². The zero-order valence-corrected chi connectivity index (χ0v) is 13.8. The van der Waals surface area contributed by atoms with Gasteiger partial charge in [0.1, 0.15) is 4.88 Å². The number of carbonyl (C=O) groups is 1. The number of nitrogens with zero attached hydrogens (tertiary/aromatic N) is 1. The molecule has 0 aliphatic heterocycles. The number of nitrogen functional groups attached to an aromatic ring is 1. The first-order chi connectivity index (χ1) is 9.41. The van der Waals surface area contributed by atoms with E-state index in [2.05, 4.69) is 15.9 Å². The van der Waals surface area contributed by atoms with Crippen molar-refractivity contribution in [2.24, 2.45) is 0 Å². The Bertz CT molecular complexity index is 639. The fourth-order valence-electron chi connectivity index (χ4n) is 1.94. The number of carbonyl (C=O) groups excluding carboxylic acids is 1. The standard InChI is InChI=1S/C14H17BrN2O2S/c1-8(18)6-7-17(2)14(19)13-12(16)11-9(15)4-3-5-10(11)20-13/h3-5,8,18H,6-7,16H2,1-2H3. The summed E-state index contributed by atoms with van der Waals surface area (Å²) < 4.78 is 1.89. The molecule has 6 heteroatoms. The fourth-order valence-corrected chi connectivity index (χ4v) is 3.80. The third-order valence-corrected chi connectivity index (χ3v) is 4.94. The molecule has 0 aliphatic carbocycles. The molecular weight excluding hydrogens is 340 g/mol. The molecule has 1 heterocycles. The molecule has 0 bridgehead atoms. The summed E-state index contributed by atoms with van der Waals surface area (Å²) in [6.45, 7) is 2.22. The van der Waals surface area contributed by atoms with Crippen molar-refractivity contribution in [3.05, 3.63) is 27.5 Å². The lowest BCUT2D eigenvalue weighted by molar-refractivity contribution is 0.0774. The maximum atomic E-state index is 12.4. The fraction of sp³-hybridized carbons (Fsp3) is 0.357. The molecule has 108 valence electrons. The molecule has 4 nitrogen and oxygen atoms in total. The lowest BCUT2D eigenvalue weighted by atomic mass is 10.2. The number of rotatable bonds is 4. The van der Waals surface area contributed by atoms with Crippen LogP contribution in [0.4, 0.5) is 5.69 Å². The number of hydrogen-bond acceptors (Lipinski definition) is 4. The van der Waals surface area contributed by atoms with Crippen molar-refractivity contribution >= 4 is 48.9 Å². The molecule has 2 aromatic rings. The van der Waals surface area contributed by atoms with Crippen molar-refractivity contribution in [3.63, 3.8) is 0 Å². The lowest BCUT2D eigenvalue weighted by Crippen LogP contribution is -2.29. The topological polar surface area (TPSA) is 66.6 Å². The first kappa shape index (κ1) is 15.3. The zero-order valence-electron chi connectivity index (χ0n) is 11.4. The highest BCUT2D eigenvalue weighted by Gasteiger charge is 2.20. The van der Waals surface area contributed by atoms with Gasteiger partial charge in [0.2, 0.25) is 0 Å². The highest BCUT2D eigenvalue weighted by Crippen LogP contribution is 2.38. The molecule has 0 fully saturated rings. The number of thiophene rings is 1. The normalized spacial score (nSPS) is 12.6. The minimum Gasteiger partial charge on any atom is -0.397 e. The summed E-state index contributed by atoms with van der Waals surface area (Å²) in [6.07, 6.45) is 0.135. The van der Waals surface area contributed by atoms with Crippen LogP contribution >= 0.6 is 27.3 Å². The molecule has 1 aromatic carbocycles. The number of fused-ring (bicyclic) bond motifs is 1. The van der Waals surface area contributed by atoms with Crippen LogP contribution in [0.15, 0.2) is 22.7 Å². The summed E-state index contributed by atoms with van der Waals surface area (Å²) in [7, 11) is 1.73. The van der Waals surface area contributed by atoms with Gasteiger partial charge in [-0.25, -0.2) is 0 Å². The number of nitrogens with two attached hydrogens (primary N) is 1. The van der Waals surface area contributed by atoms with Crippen LogP contribution in [0.1, 0.15) is 23.0 Å². The molecule has 0 aliphatic rings. The van der Waals surface area contributed by atoms with E-state index in [1.807, 2.05) is 18.2 Å². The molecule has 1 unspecified atom stereocenters. The first-order valence-corrected chi connectivity index (χ1v) is 7.92. The van der Waals surface area contributed by atoms with Crippen LogP contribution in [-0.2, 0) is 0 Å². The molecule has 1 amide bonds. The number of aliphatic hydroxyl groups excluding tert-OH is 1. The van der Waals surface area contributed by atoms with Gasteiger partial charge in [0.05, 0.1) is 11.8 Å². The van der Waals surface area contributed by atoms with Crippen molar-refractivity contribution in [1.82, 2.24) is 4.90 Å². The highest BCUT2D eigenvalue weighted by molar-refractivity contribution is 9.10. The average Bonchev–Trinajstić information content (AvgIpc) is 2.73. The van der Waals surface area contributed by atoms with Crippen LogP contribution < -0.4 is 5.73 Å². The number of anilines is 1. The van der Waals surface area contributed by atoms with Crippen LogP contribution in [0.25, 0.3) is 10.1 Å². The van der Waals surface area contributed by atoms with Gasteiger partial charge in [-0.1, -0.05) is 22.0 Å². The lowest BCUT2D eigenvalue weighted by Gasteiger charge is -2.17. The van der Waals surface area contributed by atoms with Gasteiger partial charge in [-0.05, 0) is 25.5 Å². The van der Waals surface area contributed by atoms with E-state index in [1.165, 1.54) is 11.3 Å². The van der Waals surface area contributed by atoms with Gasteiger partial charge in [0, 0.05) is 28.2 Å². The van der Waals surface area contributed by atoms with Crippen LogP contribution in [0.5, 0.6) is 0 Å². The Morgan fingerprint density at radius 1 is 1.55 bits per heavy atom. The largest absolute Gasteiger partial charge is 0.397 e. The average molecular weight is 357 g/mol. The number of aliphatic hydroxyl groups is 1. The van der Waals surface area contributed by atoms with E-state index in [0.29, 0.717) is 23.5 Å². The number of halogens is 1. The number of benzene rings is 1. The second-order valence-corrected chi connectivity index (χ2v) is 6.73. The summed E-state index contributed by atoms with van der Waals surface area (Å²) in [5, 5.41) is 10.2. The first-order valence-electron chi connectivity index (χ1n) is 6.31. The molecule has 1 aromatic heterocycles. The Morgan fingerprint density at radius 3 is 2.85 bits per heavy atom. The maximum absolute atomic E-state index is 12.4. The SMILES string of the molecule is CC(O)CCN(C)C(=O)c1sc2cccc(Br)c2c1N. The van der Waals surface area contributed by atoms with Crippen molar-refractivity contribution < 1.29 is 9.90 Å². The van der Waals surface area contributed by atoms with Gasteiger partial charge in [-0.3, -0.25) is 4.79 Å². The smallest absolute Gasteiger partial charge is 0.265 e. The summed E-state index contributed by atoms with van der Waals surface area (Å²) in [5.41, 5.74) is 6.64. The quantitative estimate of drug-likeness (QED) is 0.884.